The highest BCUT2D eigenvalue weighted by Gasteiger charge is 2.33. The molecule has 0 radical (unpaired) electrons. The maximum Gasteiger partial charge on any atom is 0.417 e. The van der Waals surface area contributed by atoms with Crippen molar-refractivity contribution in [2.24, 2.45) is 5.73 Å². The van der Waals surface area contributed by atoms with Crippen molar-refractivity contribution in [1.29, 1.82) is 0 Å². The third-order valence-corrected chi connectivity index (χ3v) is 5.87. The number of alkyl halides is 3. The first-order valence-corrected chi connectivity index (χ1v) is 8.05. The average molecular weight is 450 g/mol. The van der Waals surface area contributed by atoms with Crippen LogP contribution in [0.1, 0.15) is 22.0 Å². The molecule has 0 aliphatic carbocycles. The number of thiophene rings is 1. The fraction of sp³-hybridized carbons (Fsp3) is 0.167. The van der Waals surface area contributed by atoms with Gasteiger partial charge in [0, 0.05) is 9.35 Å². The molecular formula is C12H7Br2ClF3NS. The molecule has 1 aromatic heterocycles. The Hall–Kier alpha value is -0.0800. The molecule has 0 aliphatic rings. The van der Waals surface area contributed by atoms with Crippen LogP contribution in [0.15, 0.2) is 32.5 Å². The molecule has 0 saturated carbocycles. The monoisotopic (exact) mass is 447 g/mol. The van der Waals surface area contributed by atoms with Crippen LogP contribution in [0.2, 0.25) is 5.02 Å². The second-order valence-corrected chi connectivity index (χ2v) is 7.65. The Balaban J connectivity index is 2.43. The fourth-order valence-electron chi connectivity index (χ4n) is 1.63. The van der Waals surface area contributed by atoms with Gasteiger partial charge in [-0.25, -0.2) is 0 Å². The molecule has 2 N–H and O–H groups in total. The Labute approximate surface area is 139 Å². The molecule has 0 amide bonds. The number of nitrogens with two attached hydrogens (primary N) is 1. The molecule has 2 rings (SSSR count). The van der Waals surface area contributed by atoms with E-state index in [0.29, 0.717) is 19.2 Å². The zero-order valence-electron chi connectivity index (χ0n) is 9.64. The van der Waals surface area contributed by atoms with E-state index in [1.165, 1.54) is 17.4 Å². The first kappa shape index (κ1) is 16.3. The highest BCUT2D eigenvalue weighted by atomic mass is 79.9. The van der Waals surface area contributed by atoms with Gasteiger partial charge in [-0.1, -0.05) is 33.6 Å². The molecule has 0 saturated heterocycles. The van der Waals surface area contributed by atoms with Crippen LogP contribution in [0.4, 0.5) is 13.2 Å². The lowest BCUT2D eigenvalue weighted by Gasteiger charge is -2.14. The maximum atomic E-state index is 12.9. The van der Waals surface area contributed by atoms with Gasteiger partial charge in [0.1, 0.15) is 0 Å². The number of hydrogen-bond donors (Lipinski definition) is 1. The molecule has 0 fully saturated rings. The van der Waals surface area contributed by atoms with Crippen molar-refractivity contribution in [3.63, 3.8) is 0 Å². The van der Waals surface area contributed by atoms with Crippen molar-refractivity contribution in [3.05, 3.63) is 53.6 Å². The number of hydrogen-bond acceptors (Lipinski definition) is 2. The van der Waals surface area contributed by atoms with Gasteiger partial charge in [-0.2, -0.15) is 13.2 Å². The van der Waals surface area contributed by atoms with Crippen LogP contribution >= 0.6 is 54.8 Å². The van der Waals surface area contributed by atoms with E-state index in [4.69, 9.17) is 17.3 Å². The Morgan fingerprint density at radius 2 is 1.85 bits per heavy atom. The summed E-state index contributed by atoms with van der Waals surface area (Å²) < 4.78 is 39.3. The lowest BCUT2D eigenvalue weighted by molar-refractivity contribution is -0.138. The van der Waals surface area contributed by atoms with E-state index in [0.717, 1.165) is 6.07 Å². The van der Waals surface area contributed by atoms with Gasteiger partial charge in [0.15, 0.2) is 0 Å². The highest BCUT2D eigenvalue weighted by molar-refractivity contribution is 9.11. The second kappa shape index (κ2) is 5.96. The normalized spacial score (nSPS) is 13.6. The van der Waals surface area contributed by atoms with E-state index in [-0.39, 0.29) is 4.47 Å². The third-order valence-electron chi connectivity index (χ3n) is 2.63. The predicted molar refractivity (Wildman–Crippen MR) is 82.2 cm³/mol. The second-order valence-electron chi connectivity index (χ2n) is 3.99. The molecule has 1 atom stereocenters. The van der Waals surface area contributed by atoms with E-state index in [2.05, 4.69) is 31.9 Å². The van der Waals surface area contributed by atoms with Crippen molar-refractivity contribution >= 4 is 54.8 Å². The molecule has 0 spiro atoms. The van der Waals surface area contributed by atoms with E-state index < -0.39 is 17.8 Å². The molecule has 8 heteroatoms. The summed E-state index contributed by atoms with van der Waals surface area (Å²) in [5.41, 5.74) is 5.65. The van der Waals surface area contributed by atoms with Crippen molar-refractivity contribution in [3.8, 4) is 0 Å². The minimum atomic E-state index is -4.43. The van der Waals surface area contributed by atoms with Gasteiger partial charge < -0.3 is 5.73 Å². The molecular weight excluding hydrogens is 442 g/mol. The maximum absolute atomic E-state index is 12.9. The lowest BCUT2D eigenvalue weighted by Crippen LogP contribution is -2.13. The zero-order valence-corrected chi connectivity index (χ0v) is 14.4. The highest BCUT2D eigenvalue weighted by Crippen LogP contribution is 2.39. The van der Waals surface area contributed by atoms with E-state index in [1.54, 1.807) is 12.1 Å². The fourth-order valence-corrected chi connectivity index (χ4v) is 3.88. The van der Waals surface area contributed by atoms with Gasteiger partial charge in [-0.05, 0) is 39.7 Å². The zero-order chi connectivity index (χ0) is 15.1. The summed E-state index contributed by atoms with van der Waals surface area (Å²) in [7, 11) is 0. The quantitative estimate of drug-likeness (QED) is 0.599. The number of benzene rings is 1. The van der Waals surface area contributed by atoms with Crippen molar-refractivity contribution in [1.82, 2.24) is 0 Å². The van der Waals surface area contributed by atoms with Crippen LogP contribution in [-0.2, 0) is 6.18 Å². The molecule has 0 bridgehead atoms. The summed E-state index contributed by atoms with van der Waals surface area (Å²) in [4.78, 5) is 0.692. The van der Waals surface area contributed by atoms with Gasteiger partial charge in [0.2, 0.25) is 0 Å². The lowest BCUT2D eigenvalue weighted by atomic mass is 10.0. The Morgan fingerprint density at radius 3 is 2.35 bits per heavy atom. The predicted octanol–water partition coefficient (Wildman–Crippen LogP) is 5.99. The molecule has 1 heterocycles. The Bertz CT molecular complexity index is 623. The molecule has 1 nitrogen and oxygen atoms in total. The smallest absolute Gasteiger partial charge is 0.320 e. The Morgan fingerprint density at radius 1 is 1.20 bits per heavy atom. The summed E-state index contributed by atoms with van der Waals surface area (Å²) >= 11 is 13.4. The van der Waals surface area contributed by atoms with Crippen molar-refractivity contribution < 1.29 is 13.2 Å². The number of rotatable bonds is 2. The van der Waals surface area contributed by atoms with Crippen LogP contribution in [-0.4, -0.2) is 0 Å². The molecule has 108 valence electrons. The largest absolute Gasteiger partial charge is 0.417 e. The summed E-state index contributed by atoms with van der Waals surface area (Å²) in [6, 6.07) is 4.96. The summed E-state index contributed by atoms with van der Waals surface area (Å²) in [6.07, 6.45) is -4.43. The van der Waals surface area contributed by atoms with E-state index in [9.17, 15) is 13.2 Å². The van der Waals surface area contributed by atoms with Crippen LogP contribution in [0.3, 0.4) is 0 Å². The van der Waals surface area contributed by atoms with Gasteiger partial charge in [-0.3, -0.25) is 0 Å². The van der Waals surface area contributed by atoms with Gasteiger partial charge in [0.25, 0.3) is 0 Å². The molecule has 20 heavy (non-hydrogen) atoms. The van der Waals surface area contributed by atoms with E-state index in [1.807, 2.05) is 0 Å². The van der Waals surface area contributed by atoms with Crippen LogP contribution < -0.4 is 5.73 Å². The average Bonchev–Trinajstić information content (AvgIpc) is 2.68. The minimum absolute atomic E-state index is 0.00802. The SMILES string of the molecule is NC(c1ccc(Br)c(C(F)(F)F)c1)c1cc(Cl)c(Br)s1. The van der Waals surface area contributed by atoms with Crippen molar-refractivity contribution in [2.45, 2.75) is 12.2 Å². The summed E-state index contributed by atoms with van der Waals surface area (Å²) in [5.74, 6) is 0. The third kappa shape index (κ3) is 3.39. The molecule has 2 aromatic rings. The molecule has 1 unspecified atom stereocenters. The first-order chi connectivity index (χ1) is 9.20. The first-order valence-electron chi connectivity index (χ1n) is 5.27. The van der Waals surface area contributed by atoms with Crippen LogP contribution in [0.25, 0.3) is 0 Å². The van der Waals surface area contributed by atoms with Gasteiger partial charge in [0.05, 0.1) is 20.4 Å². The summed E-state index contributed by atoms with van der Waals surface area (Å²) in [6.45, 7) is 0. The number of halogens is 6. The summed E-state index contributed by atoms with van der Waals surface area (Å²) in [5, 5.41) is 0.494. The van der Waals surface area contributed by atoms with Crippen LogP contribution in [0.5, 0.6) is 0 Å². The minimum Gasteiger partial charge on any atom is -0.320 e. The standard InChI is InChI=1S/C12H7Br2ClF3NS/c13-7-2-1-5(3-6(7)12(16,17)18)10(19)9-4-8(15)11(14)20-9/h1-4,10H,19H2. The van der Waals surface area contributed by atoms with E-state index >= 15 is 0 Å². The van der Waals surface area contributed by atoms with Crippen molar-refractivity contribution in [2.75, 3.05) is 0 Å². The van der Waals surface area contributed by atoms with Gasteiger partial charge >= 0.3 is 6.18 Å². The van der Waals surface area contributed by atoms with Gasteiger partial charge in [-0.15, -0.1) is 11.3 Å². The van der Waals surface area contributed by atoms with Crippen LogP contribution in [0, 0.1) is 0 Å². The topological polar surface area (TPSA) is 26.0 Å². The Kier molecular flexibility index (Phi) is 4.86. The molecule has 1 aromatic carbocycles. The molecule has 0 aliphatic heterocycles.